The van der Waals surface area contributed by atoms with Crippen LogP contribution >= 0.6 is 0 Å². The van der Waals surface area contributed by atoms with Gasteiger partial charge in [-0.2, -0.15) is 4.98 Å². The fraction of sp³-hybridized carbons (Fsp3) is 0.207. The Morgan fingerprint density at radius 1 is 0.914 bits per heavy atom. The van der Waals surface area contributed by atoms with Crippen LogP contribution in [-0.4, -0.2) is 21.1 Å². The lowest BCUT2D eigenvalue weighted by molar-refractivity contribution is 0.203. The summed E-state index contributed by atoms with van der Waals surface area (Å²) in [6.07, 6.45) is 0. The molecule has 0 radical (unpaired) electrons. The number of carbonyl (C=O) groups is 1. The first-order chi connectivity index (χ1) is 16.9. The van der Waals surface area contributed by atoms with E-state index in [1.807, 2.05) is 74.5 Å². The van der Waals surface area contributed by atoms with Crippen LogP contribution in [-0.2, 0) is 6.54 Å². The Labute approximate surface area is 205 Å². The van der Waals surface area contributed by atoms with Gasteiger partial charge >= 0.3 is 6.03 Å². The van der Waals surface area contributed by atoms with Crippen LogP contribution in [0.4, 0.5) is 4.79 Å². The molecule has 4 aromatic rings. The van der Waals surface area contributed by atoms with E-state index in [0.717, 1.165) is 39.1 Å². The first-order valence-electron chi connectivity index (χ1n) is 11.7. The van der Waals surface area contributed by atoms with Gasteiger partial charge in [-0.25, -0.2) is 4.79 Å². The van der Waals surface area contributed by atoms with Gasteiger partial charge in [-0.1, -0.05) is 83.5 Å². The summed E-state index contributed by atoms with van der Waals surface area (Å²) in [5.41, 5.74) is 8.01. The van der Waals surface area contributed by atoms with Crippen LogP contribution in [0.5, 0.6) is 0 Å². The van der Waals surface area contributed by atoms with Gasteiger partial charge in [0.25, 0.3) is 5.89 Å². The van der Waals surface area contributed by atoms with Crippen LogP contribution in [0.2, 0.25) is 0 Å². The molecule has 0 saturated carbocycles. The van der Waals surface area contributed by atoms with Crippen molar-refractivity contribution in [3.63, 3.8) is 0 Å². The SMILES string of the molecule is CC1=C(c2nc(-c3ccc(C)cc3)no2)C(c2ccc(C)c(C)c2)NC(=O)N1Cc1ccccc1. The van der Waals surface area contributed by atoms with Crippen molar-refractivity contribution < 1.29 is 9.32 Å². The molecule has 5 rings (SSSR count). The standard InChI is InChI=1S/C29H28N4O2/c1-18-10-13-23(14-11-18)27-31-28(35-32-27)25-21(4)33(17-22-8-6-5-7-9-22)29(34)30-26(25)24-15-12-19(2)20(3)16-24/h5-16,26H,17H2,1-4H3,(H,30,34). The third kappa shape index (κ3) is 4.47. The molecule has 1 aromatic heterocycles. The molecule has 0 spiro atoms. The maximum Gasteiger partial charge on any atom is 0.322 e. The molecule has 6 nitrogen and oxygen atoms in total. The van der Waals surface area contributed by atoms with Crippen LogP contribution in [0, 0.1) is 20.8 Å². The molecule has 0 aliphatic carbocycles. The number of amides is 2. The lowest BCUT2D eigenvalue weighted by Gasteiger charge is -2.35. The van der Waals surface area contributed by atoms with Crippen LogP contribution in [0.25, 0.3) is 17.0 Å². The second kappa shape index (κ2) is 9.22. The molecule has 0 saturated heterocycles. The van der Waals surface area contributed by atoms with Crippen molar-refractivity contribution >= 4 is 11.6 Å². The highest BCUT2D eigenvalue weighted by atomic mass is 16.5. The number of urea groups is 1. The number of carbonyl (C=O) groups excluding carboxylic acids is 1. The number of aryl methyl sites for hydroxylation is 3. The number of rotatable bonds is 5. The van der Waals surface area contributed by atoms with Crippen LogP contribution in [0.15, 0.2) is 83.0 Å². The summed E-state index contributed by atoms with van der Waals surface area (Å²) in [6.45, 7) is 8.58. The van der Waals surface area contributed by atoms with E-state index in [1.165, 1.54) is 5.56 Å². The van der Waals surface area contributed by atoms with Crippen molar-refractivity contribution in [1.82, 2.24) is 20.4 Å². The predicted octanol–water partition coefficient (Wildman–Crippen LogP) is 6.36. The predicted molar refractivity (Wildman–Crippen MR) is 136 cm³/mol. The monoisotopic (exact) mass is 464 g/mol. The minimum Gasteiger partial charge on any atom is -0.334 e. The zero-order valence-corrected chi connectivity index (χ0v) is 20.4. The van der Waals surface area contributed by atoms with Crippen LogP contribution in [0.3, 0.4) is 0 Å². The van der Waals surface area contributed by atoms with E-state index in [9.17, 15) is 4.79 Å². The summed E-state index contributed by atoms with van der Waals surface area (Å²) < 4.78 is 5.80. The molecule has 1 N–H and O–H groups in total. The lowest BCUT2D eigenvalue weighted by Crippen LogP contribution is -2.45. The Morgan fingerprint density at radius 3 is 2.37 bits per heavy atom. The summed E-state index contributed by atoms with van der Waals surface area (Å²) >= 11 is 0. The van der Waals surface area contributed by atoms with Gasteiger partial charge in [-0.05, 0) is 49.9 Å². The largest absolute Gasteiger partial charge is 0.334 e. The number of hydrogen-bond donors (Lipinski definition) is 1. The molecule has 1 aliphatic heterocycles. The minimum atomic E-state index is -0.403. The van der Waals surface area contributed by atoms with E-state index in [0.29, 0.717) is 18.3 Å². The molecule has 0 fully saturated rings. The summed E-state index contributed by atoms with van der Waals surface area (Å²) in [7, 11) is 0. The first kappa shape index (κ1) is 22.6. The molecule has 6 heteroatoms. The number of hydrogen-bond acceptors (Lipinski definition) is 4. The number of nitrogens with one attached hydrogen (secondary N) is 1. The Morgan fingerprint density at radius 2 is 1.66 bits per heavy atom. The molecular formula is C29H28N4O2. The minimum absolute atomic E-state index is 0.156. The van der Waals surface area contributed by atoms with Crippen molar-refractivity contribution in [3.05, 3.63) is 112 Å². The van der Waals surface area contributed by atoms with Gasteiger partial charge in [-0.15, -0.1) is 0 Å². The molecule has 2 amide bonds. The lowest BCUT2D eigenvalue weighted by atomic mass is 9.92. The smallest absolute Gasteiger partial charge is 0.322 e. The molecule has 1 unspecified atom stereocenters. The molecule has 1 aliphatic rings. The van der Waals surface area contributed by atoms with Crippen molar-refractivity contribution in [2.45, 2.75) is 40.3 Å². The summed E-state index contributed by atoms with van der Waals surface area (Å²) in [6, 6.07) is 23.6. The summed E-state index contributed by atoms with van der Waals surface area (Å²) in [5, 5.41) is 7.45. The van der Waals surface area contributed by atoms with Crippen molar-refractivity contribution in [1.29, 1.82) is 0 Å². The highest BCUT2D eigenvalue weighted by Gasteiger charge is 2.36. The molecule has 3 aromatic carbocycles. The van der Waals surface area contributed by atoms with E-state index in [2.05, 4.69) is 36.5 Å². The van der Waals surface area contributed by atoms with Gasteiger partial charge in [-0.3, -0.25) is 4.90 Å². The number of benzene rings is 3. The van der Waals surface area contributed by atoms with E-state index < -0.39 is 6.04 Å². The number of nitrogens with zero attached hydrogens (tertiary/aromatic N) is 3. The Kier molecular flexibility index (Phi) is 5.95. The Balaban J connectivity index is 1.61. The average Bonchev–Trinajstić information content (AvgIpc) is 3.34. The third-order valence-electron chi connectivity index (χ3n) is 6.61. The Bertz CT molecular complexity index is 1400. The third-order valence-corrected chi connectivity index (χ3v) is 6.61. The maximum absolute atomic E-state index is 13.3. The highest BCUT2D eigenvalue weighted by molar-refractivity contribution is 5.87. The molecular weight excluding hydrogens is 436 g/mol. The summed E-state index contributed by atoms with van der Waals surface area (Å²) in [4.78, 5) is 19.8. The zero-order chi connectivity index (χ0) is 24.5. The van der Waals surface area contributed by atoms with E-state index >= 15 is 0 Å². The van der Waals surface area contributed by atoms with Gasteiger partial charge in [0.05, 0.1) is 18.2 Å². The Hall–Kier alpha value is -4.19. The second-order valence-corrected chi connectivity index (χ2v) is 9.09. The van der Waals surface area contributed by atoms with E-state index in [1.54, 1.807) is 4.90 Å². The van der Waals surface area contributed by atoms with Gasteiger partial charge < -0.3 is 9.84 Å². The topological polar surface area (TPSA) is 71.3 Å². The van der Waals surface area contributed by atoms with Crippen LogP contribution in [0.1, 0.15) is 46.7 Å². The van der Waals surface area contributed by atoms with E-state index in [4.69, 9.17) is 9.51 Å². The van der Waals surface area contributed by atoms with Gasteiger partial charge in [0, 0.05) is 11.3 Å². The maximum atomic E-state index is 13.3. The fourth-order valence-electron chi connectivity index (χ4n) is 4.36. The first-order valence-corrected chi connectivity index (χ1v) is 11.7. The van der Waals surface area contributed by atoms with Gasteiger partial charge in [0.1, 0.15) is 0 Å². The van der Waals surface area contributed by atoms with Crippen molar-refractivity contribution in [2.75, 3.05) is 0 Å². The second-order valence-electron chi connectivity index (χ2n) is 9.09. The van der Waals surface area contributed by atoms with Crippen molar-refractivity contribution in [3.8, 4) is 11.4 Å². The number of allylic oxidation sites excluding steroid dienone is 1. The molecule has 0 bridgehead atoms. The molecule has 1 atom stereocenters. The molecule has 35 heavy (non-hydrogen) atoms. The van der Waals surface area contributed by atoms with Crippen molar-refractivity contribution in [2.24, 2.45) is 0 Å². The summed E-state index contributed by atoms with van der Waals surface area (Å²) in [5.74, 6) is 0.921. The molecule has 2 heterocycles. The average molecular weight is 465 g/mol. The number of aromatic nitrogens is 2. The fourth-order valence-corrected chi connectivity index (χ4v) is 4.36. The molecule has 176 valence electrons. The quantitative estimate of drug-likeness (QED) is 0.373. The van der Waals surface area contributed by atoms with Gasteiger partial charge in [0.15, 0.2) is 0 Å². The normalized spacial score (nSPS) is 15.9. The van der Waals surface area contributed by atoms with Crippen LogP contribution < -0.4 is 5.32 Å². The van der Waals surface area contributed by atoms with Gasteiger partial charge in [0.2, 0.25) is 5.82 Å². The highest BCUT2D eigenvalue weighted by Crippen LogP contribution is 2.38. The zero-order valence-electron chi connectivity index (χ0n) is 20.4. The van der Waals surface area contributed by atoms with E-state index in [-0.39, 0.29) is 6.03 Å².